The van der Waals surface area contributed by atoms with Crippen LogP contribution in [0.5, 0.6) is 0 Å². The second kappa shape index (κ2) is 5.52. The molecule has 0 saturated carbocycles. The predicted octanol–water partition coefficient (Wildman–Crippen LogP) is 3.57. The molecule has 0 spiro atoms. The van der Waals surface area contributed by atoms with Crippen molar-refractivity contribution in [2.24, 2.45) is 5.92 Å². The summed E-state index contributed by atoms with van der Waals surface area (Å²) in [5, 5.41) is 2.85. The molecule has 1 rings (SSSR count). The molecule has 1 unspecified atom stereocenters. The molecule has 0 fully saturated rings. The van der Waals surface area contributed by atoms with Gasteiger partial charge in [0.15, 0.2) is 0 Å². The van der Waals surface area contributed by atoms with Crippen molar-refractivity contribution in [3.05, 3.63) is 28.2 Å². The fourth-order valence-electron chi connectivity index (χ4n) is 1.05. The van der Waals surface area contributed by atoms with Crippen LogP contribution in [0.4, 0.5) is 5.69 Å². The van der Waals surface area contributed by atoms with Crippen molar-refractivity contribution in [1.82, 2.24) is 0 Å². The number of aryl methyl sites for hydroxylation is 1. The van der Waals surface area contributed by atoms with Crippen LogP contribution in [0, 0.1) is 12.8 Å². The summed E-state index contributed by atoms with van der Waals surface area (Å²) >= 11 is 8.98. The van der Waals surface area contributed by atoms with Gasteiger partial charge in [-0.15, -0.1) is 11.6 Å². The summed E-state index contributed by atoms with van der Waals surface area (Å²) < 4.78 is 0.946. The molecule has 1 atom stereocenters. The van der Waals surface area contributed by atoms with Gasteiger partial charge in [0.1, 0.15) is 0 Å². The zero-order valence-electron chi connectivity index (χ0n) is 8.68. The first-order valence-corrected chi connectivity index (χ1v) is 6.00. The average molecular weight is 291 g/mol. The lowest BCUT2D eigenvalue weighted by Crippen LogP contribution is -2.21. The van der Waals surface area contributed by atoms with E-state index in [2.05, 4.69) is 21.2 Å². The van der Waals surface area contributed by atoms with Crippen molar-refractivity contribution < 1.29 is 4.79 Å². The Balaban J connectivity index is 2.80. The van der Waals surface area contributed by atoms with Crippen molar-refractivity contribution in [3.8, 4) is 0 Å². The highest BCUT2D eigenvalue weighted by Gasteiger charge is 2.12. The number of alkyl halides is 1. The molecule has 15 heavy (non-hydrogen) atoms. The van der Waals surface area contributed by atoms with Gasteiger partial charge in [0.2, 0.25) is 5.91 Å². The molecule has 0 radical (unpaired) electrons. The minimum absolute atomic E-state index is 0.0498. The molecule has 1 N–H and O–H groups in total. The Labute approximate surface area is 103 Å². The number of hydrogen-bond donors (Lipinski definition) is 1. The van der Waals surface area contributed by atoms with Crippen LogP contribution in [0.1, 0.15) is 12.5 Å². The first kappa shape index (κ1) is 12.5. The highest BCUT2D eigenvalue weighted by molar-refractivity contribution is 9.10. The predicted molar refractivity (Wildman–Crippen MR) is 67.4 cm³/mol. The van der Waals surface area contributed by atoms with E-state index in [1.165, 1.54) is 0 Å². The van der Waals surface area contributed by atoms with E-state index in [1.807, 2.05) is 25.1 Å². The molecule has 0 aromatic heterocycles. The summed E-state index contributed by atoms with van der Waals surface area (Å²) in [6.45, 7) is 3.75. The highest BCUT2D eigenvalue weighted by Crippen LogP contribution is 2.21. The topological polar surface area (TPSA) is 29.1 Å². The maximum atomic E-state index is 11.6. The smallest absolute Gasteiger partial charge is 0.228 e. The number of benzene rings is 1. The molecule has 1 aromatic rings. The molecule has 4 heteroatoms. The lowest BCUT2D eigenvalue weighted by molar-refractivity contribution is -0.118. The molecule has 0 saturated heterocycles. The number of carbonyl (C=O) groups excluding carboxylic acids is 1. The Morgan fingerprint density at radius 1 is 1.60 bits per heavy atom. The van der Waals surface area contributed by atoms with Gasteiger partial charge in [-0.25, -0.2) is 0 Å². The maximum absolute atomic E-state index is 11.6. The van der Waals surface area contributed by atoms with E-state index >= 15 is 0 Å². The molecule has 1 aromatic carbocycles. The summed E-state index contributed by atoms with van der Waals surface area (Å²) in [5.41, 5.74) is 1.86. The third kappa shape index (κ3) is 3.50. The first-order chi connectivity index (χ1) is 7.04. The van der Waals surface area contributed by atoms with E-state index < -0.39 is 0 Å². The number of nitrogens with one attached hydrogen (secondary N) is 1. The molecule has 0 aliphatic rings. The number of rotatable bonds is 3. The van der Waals surface area contributed by atoms with Crippen molar-refractivity contribution in [3.63, 3.8) is 0 Å². The minimum atomic E-state index is -0.176. The van der Waals surface area contributed by atoms with Crippen LogP contribution in [0.15, 0.2) is 22.7 Å². The van der Waals surface area contributed by atoms with Crippen LogP contribution in [0.3, 0.4) is 0 Å². The van der Waals surface area contributed by atoms with Gasteiger partial charge in [-0.3, -0.25) is 4.79 Å². The van der Waals surface area contributed by atoms with Crippen LogP contribution in [0.25, 0.3) is 0 Å². The van der Waals surface area contributed by atoms with Crippen LogP contribution in [0.2, 0.25) is 0 Å². The van der Waals surface area contributed by atoms with E-state index in [4.69, 9.17) is 11.6 Å². The van der Waals surface area contributed by atoms with Gasteiger partial charge in [-0.1, -0.05) is 28.9 Å². The Morgan fingerprint density at radius 3 is 2.87 bits per heavy atom. The SMILES string of the molecule is Cc1ccc(Br)cc1NC(=O)C(C)CCl. The van der Waals surface area contributed by atoms with Crippen molar-refractivity contribution >= 4 is 39.1 Å². The Kier molecular flexibility index (Phi) is 4.61. The van der Waals surface area contributed by atoms with Gasteiger partial charge in [0.25, 0.3) is 0 Å². The molecular weight excluding hydrogens is 277 g/mol. The zero-order valence-corrected chi connectivity index (χ0v) is 11.0. The lowest BCUT2D eigenvalue weighted by atomic mass is 10.1. The standard InChI is InChI=1S/C11H13BrClNO/c1-7-3-4-9(12)5-10(7)14-11(15)8(2)6-13/h3-5,8H,6H2,1-2H3,(H,14,15). The Bertz CT molecular complexity index is 368. The minimum Gasteiger partial charge on any atom is -0.326 e. The molecule has 0 aliphatic heterocycles. The van der Waals surface area contributed by atoms with Crippen molar-refractivity contribution in [2.45, 2.75) is 13.8 Å². The van der Waals surface area contributed by atoms with E-state index in [-0.39, 0.29) is 11.8 Å². The molecule has 0 heterocycles. The highest BCUT2D eigenvalue weighted by atomic mass is 79.9. The van der Waals surface area contributed by atoms with Crippen molar-refractivity contribution in [1.29, 1.82) is 0 Å². The summed E-state index contributed by atoms with van der Waals surface area (Å²) in [6, 6.07) is 5.77. The van der Waals surface area contributed by atoms with E-state index in [0.29, 0.717) is 5.88 Å². The first-order valence-electron chi connectivity index (χ1n) is 4.67. The Morgan fingerprint density at radius 2 is 2.27 bits per heavy atom. The molecular formula is C11H13BrClNO. The van der Waals surface area contributed by atoms with E-state index in [1.54, 1.807) is 6.92 Å². The van der Waals surface area contributed by atoms with Gasteiger partial charge in [0.05, 0.1) is 0 Å². The quantitative estimate of drug-likeness (QED) is 0.847. The average Bonchev–Trinajstić information content (AvgIpc) is 2.22. The van der Waals surface area contributed by atoms with Crippen molar-refractivity contribution in [2.75, 3.05) is 11.2 Å². The van der Waals surface area contributed by atoms with Crippen LogP contribution >= 0.6 is 27.5 Å². The van der Waals surface area contributed by atoms with Crippen LogP contribution < -0.4 is 5.32 Å². The third-order valence-corrected chi connectivity index (χ3v) is 3.09. The van der Waals surface area contributed by atoms with Gasteiger partial charge < -0.3 is 5.32 Å². The number of hydrogen-bond acceptors (Lipinski definition) is 1. The zero-order chi connectivity index (χ0) is 11.4. The van der Waals surface area contributed by atoms with E-state index in [9.17, 15) is 4.79 Å². The summed E-state index contributed by atoms with van der Waals surface area (Å²) in [6.07, 6.45) is 0. The maximum Gasteiger partial charge on any atom is 0.228 e. The molecule has 2 nitrogen and oxygen atoms in total. The largest absolute Gasteiger partial charge is 0.326 e. The second-order valence-corrected chi connectivity index (χ2v) is 4.73. The number of amides is 1. The van der Waals surface area contributed by atoms with Gasteiger partial charge in [-0.05, 0) is 24.6 Å². The normalized spacial score (nSPS) is 12.3. The van der Waals surface area contributed by atoms with Gasteiger partial charge >= 0.3 is 0 Å². The summed E-state index contributed by atoms with van der Waals surface area (Å²) in [4.78, 5) is 11.6. The molecule has 82 valence electrons. The second-order valence-electron chi connectivity index (χ2n) is 3.50. The molecule has 1 amide bonds. The van der Waals surface area contributed by atoms with Crippen LogP contribution in [-0.4, -0.2) is 11.8 Å². The number of carbonyl (C=O) groups is 1. The van der Waals surface area contributed by atoms with Gasteiger partial charge in [-0.2, -0.15) is 0 Å². The number of anilines is 1. The molecule has 0 bridgehead atoms. The third-order valence-electron chi connectivity index (χ3n) is 2.14. The fourth-order valence-corrected chi connectivity index (χ4v) is 1.56. The molecule has 0 aliphatic carbocycles. The Hall–Kier alpha value is -0.540. The van der Waals surface area contributed by atoms with E-state index in [0.717, 1.165) is 15.7 Å². The fraction of sp³-hybridized carbons (Fsp3) is 0.364. The number of halogens is 2. The lowest BCUT2D eigenvalue weighted by Gasteiger charge is -2.11. The van der Waals surface area contributed by atoms with Gasteiger partial charge in [0, 0.05) is 22.0 Å². The summed E-state index contributed by atoms with van der Waals surface area (Å²) in [7, 11) is 0. The summed E-state index contributed by atoms with van der Waals surface area (Å²) in [5.74, 6) is 0.107. The monoisotopic (exact) mass is 289 g/mol. The van der Waals surface area contributed by atoms with Crippen LogP contribution in [-0.2, 0) is 4.79 Å².